The second-order valence-electron chi connectivity index (χ2n) is 7.08. The van der Waals surface area contributed by atoms with Gasteiger partial charge in [0, 0.05) is 22.7 Å². The van der Waals surface area contributed by atoms with Crippen LogP contribution in [-0.4, -0.2) is 21.0 Å². The molecule has 0 bridgehead atoms. The van der Waals surface area contributed by atoms with Crippen molar-refractivity contribution in [1.29, 1.82) is 0 Å². The molecule has 4 rings (SSSR count). The molecule has 6 nitrogen and oxygen atoms in total. The van der Waals surface area contributed by atoms with Crippen LogP contribution in [0.3, 0.4) is 0 Å². The van der Waals surface area contributed by atoms with E-state index in [4.69, 9.17) is 4.52 Å². The summed E-state index contributed by atoms with van der Waals surface area (Å²) in [6.45, 7) is 5.76. The monoisotopic (exact) mass is 410 g/mol. The Morgan fingerprint density at radius 1 is 1.21 bits per heavy atom. The van der Waals surface area contributed by atoms with Gasteiger partial charge in [0.15, 0.2) is 0 Å². The molecule has 1 unspecified atom stereocenters. The molecule has 0 aliphatic carbocycles. The third-order valence-electron chi connectivity index (χ3n) is 4.70. The average molecular weight is 410 g/mol. The molecule has 0 saturated heterocycles. The van der Waals surface area contributed by atoms with Gasteiger partial charge in [-0.15, -0.1) is 11.3 Å². The normalized spacial score (nSPS) is 12.4. The standard InChI is InChI=1S/C21H19FN4O2S/c1-11(2)17(21-25-19(26-28-21)13-6-8-23-9-7-13)24-20(27)18-12(3)15-10-14(22)4-5-16(15)29-18/h4-11,17H,1-3H3,(H,24,27). The van der Waals surface area contributed by atoms with Crippen LogP contribution in [0, 0.1) is 18.7 Å². The molecule has 1 amide bonds. The first-order chi connectivity index (χ1) is 13.9. The molecular weight excluding hydrogens is 391 g/mol. The third-order valence-corrected chi connectivity index (χ3v) is 5.98. The van der Waals surface area contributed by atoms with Crippen molar-refractivity contribution in [3.63, 3.8) is 0 Å². The number of nitrogens with one attached hydrogen (secondary N) is 1. The van der Waals surface area contributed by atoms with Crippen molar-refractivity contribution in [2.24, 2.45) is 5.92 Å². The van der Waals surface area contributed by atoms with Gasteiger partial charge in [-0.3, -0.25) is 9.78 Å². The van der Waals surface area contributed by atoms with Gasteiger partial charge >= 0.3 is 0 Å². The lowest BCUT2D eigenvalue weighted by atomic mass is 10.0. The molecule has 0 saturated carbocycles. The zero-order chi connectivity index (χ0) is 20.5. The second-order valence-corrected chi connectivity index (χ2v) is 8.14. The molecule has 4 aromatic rings. The molecule has 3 heterocycles. The molecular formula is C21H19FN4O2S. The van der Waals surface area contributed by atoms with Gasteiger partial charge in [0.1, 0.15) is 11.9 Å². The van der Waals surface area contributed by atoms with Gasteiger partial charge in [-0.05, 0) is 54.1 Å². The number of carbonyl (C=O) groups is 1. The average Bonchev–Trinajstić information content (AvgIpc) is 3.32. The molecule has 0 aliphatic rings. The molecule has 1 atom stereocenters. The van der Waals surface area contributed by atoms with Gasteiger partial charge in [0.2, 0.25) is 11.7 Å². The Labute approximate surface area is 170 Å². The van der Waals surface area contributed by atoms with E-state index in [9.17, 15) is 9.18 Å². The minimum absolute atomic E-state index is 0.0248. The van der Waals surface area contributed by atoms with Crippen LogP contribution >= 0.6 is 11.3 Å². The van der Waals surface area contributed by atoms with E-state index in [1.54, 1.807) is 30.6 Å². The lowest BCUT2D eigenvalue weighted by molar-refractivity contribution is 0.0917. The smallest absolute Gasteiger partial charge is 0.262 e. The zero-order valence-electron chi connectivity index (χ0n) is 16.1. The summed E-state index contributed by atoms with van der Waals surface area (Å²) < 4.78 is 19.9. The summed E-state index contributed by atoms with van der Waals surface area (Å²) in [5, 5.41) is 7.78. The van der Waals surface area contributed by atoms with Crippen molar-refractivity contribution in [1.82, 2.24) is 20.4 Å². The Bertz CT molecular complexity index is 1170. The van der Waals surface area contributed by atoms with Gasteiger partial charge in [-0.1, -0.05) is 19.0 Å². The molecule has 148 valence electrons. The van der Waals surface area contributed by atoms with Gasteiger partial charge in [0.25, 0.3) is 5.91 Å². The van der Waals surface area contributed by atoms with E-state index in [2.05, 4.69) is 20.4 Å². The molecule has 0 aliphatic heterocycles. The van der Waals surface area contributed by atoms with Crippen LogP contribution in [-0.2, 0) is 0 Å². The van der Waals surface area contributed by atoms with Crippen LogP contribution in [0.5, 0.6) is 0 Å². The number of pyridine rings is 1. The van der Waals surface area contributed by atoms with Gasteiger partial charge < -0.3 is 9.84 Å². The molecule has 0 radical (unpaired) electrons. The summed E-state index contributed by atoms with van der Waals surface area (Å²) >= 11 is 1.34. The maximum absolute atomic E-state index is 13.6. The minimum atomic E-state index is -0.452. The van der Waals surface area contributed by atoms with Gasteiger partial charge in [0.05, 0.1) is 4.88 Å². The van der Waals surface area contributed by atoms with Crippen LogP contribution in [0.1, 0.15) is 41.0 Å². The third kappa shape index (κ3) is 3.75. The topological polar surface area (TPSA) is 80.9 Å². The highest BCUT2D eigenvalue weighted by Gasteiger charge is 2.27. The first-order valence-corrected chi connectivity index (χ1v) is 9.99. The van der Waals surface area contributed by atoms with E-state index in [1.807, 2.05) is 20.8 Å². The van der Waals surface area contributed by atoms with Crippen molar-refractivity contribution >= 4 is 27.3 Å². The number of thiophene rings is 1. The number of carbonyl (C=O) groups excluding carboxylic acids is 1. The number of amides is 1. The highest BCUT2D eigenvalue weighted by molar-refractivity contribution is 7.21. The fourth-order valence-corrected chi connectivity index (χ4v) is 4.20. The molecule has 0 fully saturated rings. The number of rotatable bonds is 5. The van der Waals surface area contributed by atoms with Crippen molar-refractivity contribution in [3.05, 3.63) is 64.9 Å². The summed E-state index contributed by atoms with van der Waals surface area (Å²) in [6, 6.07) is 7.67. The Balaban J connectivity index is 1.62. The number of nitrogens with zero attached hydrogens (tertiary/aromatic N) is 3. The minimum Gasteiger partial charge on any atom is -0.339 e. The van der Waals surface area contributed by atoms with Crippen molar-refractivity contribution < 1.29 is 13.7 Å². The SMILES string of the molecule is Cc1c(C(=O)NC(c2nc(-c3ccncc3)no2)C(C)C)sc2ccc(F)cc12. The first-order valence-electron chi connectivity index (χ1n) is 9.17. The number of benzene rings is 1. The Morgan fingerprint density at radius 2 is 1.97 bits per heavy atom. The molecule has 3 aromatic heterocycles. The van der Waals surface area contributed by atoms with E-state index in [0.29, 0.717) is 16.6 Å². The number of halogens is 1. The van der Waals surface area contributed by atoms with Crippen LogP contribution < -0.4 is 5.32 Å². The summed E-state index contributed by atoms with van der Waals surface area (Å²) in [4.78, 5) is 22.0. The number of aryl methyl sites for hydroxylation is 1. The van der Waals surface area contributed by atoms with Crippen molar-refractivity contribution in [2.45, 2.75) is 26.8 Å². The lowest BCUT2D eigenvalue weighted by Gasteiger charge is -2.18. The molecule has 1 N–H and O–H groups in total. The van der Waals surface area contributed by atoms with E-state index in [0.717, 1.165) is 21.2 Å². The fourth-order valence-electron chi connectivity index (χ4n) is 3.11. The Kier molecular flexibility index (Phi) is 5.10. The number of aromatic nitrogens is 3. The zero-order valence-corrected chi connectivity index (χ0v) is 17.0. The molecule has 1 aromatic carbocycles. The molecule has 0 spiro atoms. The highest BCUT2D eigenvalue weighted by atomic mass is 32.1. The van der Waals surface area contributed by atoms with Crippen molar-refractivity contribution in [3.8, 4) is 11.4 Å². The van der Waals surface area contributed by atoms with E-state index >= 15 is 0 Å². The van der Waals surface area contributed by atoms with Crippen LogP contribution in [0.25, 0.3) is 21.5 Å². The molecule has 29 heavy (non-hydrogen) atoms. The number of hydrogen-bond donors (Lipinski definition) is 1. The molecule has 8 heteroatoms. The van der Waals surface area contributed by atoms with Crippen LogP contribution in [0.4, 0.5) is 4.39 Å². The largest absolute Gasteiger partial charge is 0.339 e. The van der Waals surface area contributed by atoms with Gasteiger partial charge in [-0.25, -0.2) is 4.39 Å². The van der Waals surface area contributed by atoms with Crippen LogP contribution in [0.2, 0.25) is 0 Å². The van der Waals surface area contributed by atoms with Crippen LogP contribution in [0.15, 0.2) is 47.2 Å². The predicted octanol–water partition coefficient (Wildman–Crippen LogP) is 4.92. The summed E-state index contributed by atoms with van der Waals surface area (Å²) in [7, 11) is 0. The summed E-state index contributed by atoms with van der Waals surface area (Å²) in [5.74, 6) is 0.240. The quantitative estimate of drug-likeness (QED) is 0.505. The number of hydrogen-bond acceptors (Lipinski definition) is 6. The van der Waals surface area contributed by atoms with E-state index < -0.39 is 6.04 Å². The maximum atomic E-state index is 13.6. The second kappa shape index (κ2) is 7.71. The Hall–Kier alpha value is -3.13. The highest BCUT2D eigenvalue weighted by Crippen LogP contribution is 2.32. The first kappa shape index (κ1) is 19.2. The van der Waals surface area contributed by atoms with Crippen molar-refractivity contribution in [2.75, 3.05) is 0 Å². The lowest BCUT2D eigenvalue weighted by Crippen LogP contribution is -2.31. The Morgan fingerprint density at radius 3 is 2.69 bits per heavy atom. The maximum Gasteiger partial charge on any atom is 0.262 e. The number of fused-ring (bicyclic) bond motifs is 1. The fraction of sp³-hybridized carbons (Fsp3) is 0.238. The predicted molar refractivity (Wildman–Crippen MR) is 109 cm³/mol. The summed E-state index contributed by atoms with van der Waals surface area (Å²) in [5.41, 5.74) is 1.54. The summed E-state index contributed by atoms with van der Waals surface area (Å²) in [6.07, 6.45) is 3.31. The van der Waals surface area contributed by atoms with Gasteiger partial charge in [-0.2, -0.15) is 4.98 Å². The van der Waals surface area contributed by atoms with E-state index in [-0.39, 0.29) is 17.6 Å². The van der Waals surface area contributed by atoms with E-state index in [1.165, 1.54) is 23.5 Å².